The normalized spacial score (nSPS) is 12.1. The van der Waals surface area contributed by atoms with E-state index in [2.05, 4.69) is 50.9 Å². The van der Waals surface area contributed by atoms with Gasteiger partial charge >= 0.3 is 0 Å². The van der Waals surface area contributed by atoms with Gasteiger partial charge < -0.3 is 0 Å². The molecule has 1 rings (SSSR count). The summed E-state index contributed by atoms with van der Waals surface area (Å²) >= 11 is 0. The minimum atomic E-state index is 0.312. The van der Waals surface area contributed by atoms with Crippen LogP contribution in [-0.2, 0) is 6.42 Å². The van der Waals surface area contributed by atoms with Gasteiger partial charge in [0.05, 0.1) is 5.69 Å². The van der Waals surface area contributed by atoms with Gasteiger partial charge in [0.25, 0.3) is 0 Å². The van der Waals surface area contributed by atoms with Gasteiger partial charge in [0, 0.05) is 6.20 Å². The van der Waals surface area contributed by atoms with Crippen molar-refractivity contribution < 1.29 is 0 Å². The molecule has 0 bridgehead atoms. The summed E-state index contributed by atoms with van der Waals surface area (Å²) in [4.78, 5) is 0. The minimum absolute atomic E-state index is 0.312. The van der Waals surface area contributed by atoms with Gasteiger partial charge in [-0.2, -0.15) is 10.2 Å². The number of rotatable bonds is 2. The first-order valence-electron chi connectivity index (χ1n) is 5.20. The van der Waals surface area contributed by atoms with E-state index in [1.165, 1.54) is 5.56 Å². The zero-order valence-electron chi connectivity index (χ0n) is 9.83. The Morgan fingerprint density at radius 2 is 1.93 bits per heavy atom. The molecular formula is C12H20N2. The smallest absolute Gasteiger partial charge is 0.0688 e. The highest BCUT2D eigenvalue weighted by Crippen LogP contribution is 2.24. The summed E-state index contributed by atoms with van der Waals surface area (Å²) in [6.07, 6.45) is 2.85. The second-order valence-corrected chi connectivity index (χ2v) is 5.33. The van der Waals surface area contributed by atoms with Crippen LogP contribution in [0.5, 0.6) is 0 Å². The van der Waals surface area contributed by atoms with Crippen LogP contribution in [0.1, 0.15) is 51.8 Å². The predicted molar refractivity (Wildman–Crippen MR) is 59.3 cm³/mol. The molecule has 0 radical (unpaired) electrons. The molecule has 0 unspecified atom stereocenters. The molecule has 0 aliphatic carbocycles. The molecule has 0 amide bonds. The number of aromatic nitrogens is 2. The van der Waals surface area contributed by atoms with Crippen LogP contribution in [0.4, 0.5) is 0 Å². The molecule has 2 nitrogen and oxygen atoms in total. The van der Waals surface area contributed by atoms with Crippen molar-refractivity contribution in [2.75, 3.05) is 0 Å². The zero-order chi connectivity index (χ0) is 10.8. The van der Waals surface area contributed by atoms with E-state index >= 15 is 0 Å². The molecule has 0 spiro atoms. The largest absolute Gasteiger partial charge is 0.159 e. The summed E-state index contributed by atoms with van der Waals surface area (Å²) < 4.78 is 0. The van der Waals surface area contributed by atoms with Crippen molar-refractivity contribution in [2.45, 2.75) is 47.0 Å². The van der Waals surface area contributed by atoms with Crippen LogP contribution in [0.3, 0.4) is 0 Å². The topological polar surface area (TPSA) is 25.8 Å². The van der Waals surface area contributed by atoms with Gasteiger partial charge in [-0.05, 0) is 29.4 Å². The molecule has 0 aromatic carbocycles. The molecule has 0 atom stereocenters. The fourth-order valence-corrected chi connectivity index (χ4v) is 1.58. The van der Waals surface area contributed by atoms with Crippen LogP contribution in [0, 0.1) is 5.41 Å². The lowest BCUT2D eigenvalue weighted by Crippen LogP contribution is -2.12. The average Bonchev–Trinajstić information content (AvgIpc) is 2.01. The Bertz CT molecular complexity index is 297. The van der Waals surface area contributed by atoms with E-state index in [1.807, 2.05) is 0 Å². The molecule has 2 heteroatoms. The third kappa shape index (κ3) is 3.09. The standard InChI is InChI=1S/C12H20N2/c1-9(2)11-10(6-7-13-14-11)8-12(3,4)5/h6-7,9H,8H2,1-5H3. The third-order valence-corrected chi connectivity index (χ3v) is 2.10. The van der Waals surface area contributed by atoms with Crippen molar-refractivity contribution in [3.05, 3.63) is 23.5 Å². The molecule has 1 heterocycles. The predicted octanol–water partition coefficient (Wildman–Crippen LogP) is 3.19. The Balaban J connectivity index is 2.96. The van der Waals surface area contributed by atoms with Crippen molar-refractivity contribution in [3.63, 3.8) is 0 Å². The Labute approximate surface area is 86.8 Å². The number of hydrogen-bond acceptors (Lipinski definition) is 2. The Kier molecular flexibility index (Phi) is 3.25. The fourth-order valence-electron chi connectivity index (χ4n) is 1.58. The van der Waals surface area contributed by atoms with Gasteiger partial charge in [-0.25, -0.2) is 0 Å². The lowest BCUT2D eigenvalue weighted by Gasteiger charge is -2.20. The number of nitrogens with zero attached hydrogens (tertiary/aromatic N) is 2. The van der Waals surface area contributed by atoms with Gasteiger partial charge in [-0.15, -0.1) is 0 Å². The summed E-state index contributed by atoms with van der Waals surface area (Å²) in [6, 6.07) is 2.09. The maximum absolute atomic E-state index is 4.21. The highest BCUT2D eigenvalue weighted by molar-refractivity contribution is 5.21. The van der Waals surface area contributed by atoms with Crippen molar-refractivity contribution in [2.24, 2.45) is 5.41 Å². The van der Waals surface area contributed by atoms with Gasteiger partial charge in [0.2, 0.25) is 0 Å². The molecule has 0 aliphatic rings. The molecule has 1 aromatic rings. The van der Waals surface area contributed by atoms with Crippen LogP contribution in [0.2, 0.25) is 0 Å². The Morgan fingerprint density at radius 1 is 1.29 bits per heavy atom. The summed E-state index contributed by atoms with van der Waals surface area (Å²) in [5.41, 5.74) is 2.79. The molecule has 1 aromatic heterocycles. The molecule has 0 saturated carbocycles. The summed E-state index contributed by atoms with van der Waals surface area (Å²) in [5.74, 6) is 0.459. The molecule has 14 heavy (non-hydrogen) atoms. The second kappa shape index (κ2) is 4.07. The summed E-state index contributed by atoms with van der Waals surface area (Å²) in [6.45, 7) is 11.1. The van der Waals surface area contributed by atoms with Crippen molar-refractivity contribution in [1.82, 2.24) is 10.2 Å². The summed E-state index contributed by atoms with van der Waals surface area (Å²) in [7, 11) is 0. The molecule has 0 N–H and O–H groups in total. The molecule has 78 valence electrons. The monoisotopic (exact) mass is 192 g/mol. The first-order valence-corrected chi connectivity index (χ1v) is 5.20. The molecular weight excluding hydrogens is 172 g/mol. The highest BCUT2D eigenvalue weighted by atomic mass is 15.1. The highest BCUT2D eigenvalue weighted by Gasteiger charge is 2.16. The quantitative estimate of drug-likeness (QED) is 0.719. The molecule has 0 saturated heterocycles. The maximum atomic E-state index is 4.21. The van der Waals surface area contributed by atoms with Crippen molar-refractivity contribution in [3.8, 4) is 0 Å². The second-order valence-electron chi connectivity index (χ2n) is 5.33. The SMILES string of the molecule is CC(C)c1nnccc1CC(C)(C)C. The van der Waals surface area contributed by atoms with E-state index in [1.54, 1.807) is 6.20 Å². The van der Waals surface area contributed by atoms with Crippen molar-refractivity contribution in [1.29, 1.82) is 0 Å². The molecule has 0 fully saturated rings. The van der Waals surface area contributed by atoms with E-state index < -0.39 is 0 Å². The fraction of sp³-hybridized carbons (Fsp3) is 0.667. The minimum Gasteiger partial charge on any atom is -0.159 e. The van der Waals surface area contributed by atoms with E-state index in [-0.39, 0.29) is 0 Å². The van der Waals surface area contributed by atoms with Crippen LogP contribution >= 0.6 is 0 Å². The van der Waals surface area contributed by atoms with Gasteiger partial charge in [-0.1, -0.05) is 34.6 Å². The van der Waals surface area contributed by atoms with E-state index in [0.717, 1.165) is 12.1 Å². The lowest BCUT2D eigenvalue weighted by molar-refractivity contribution is 0.407. The maximum Gasteiger partial charge on any atom is 0.0688 e. The summed E-state index contributed by atoms with van der Waals surface area (Å²) in [5, 5.41) is 8.16. The van der Waals surface area contributed by atoms with Crippen LogP contribution in [-0.4, -0.2) is 10.2 Å². The lowest BCUT2D eigenvalue weighted by atomic mass is 9.86. The first-order chi connectivity index (χ1) is 6.40. The average molecular weight is 192 g/mol. The Hall–Kier alpha value is -0.920. The van der Waals surface area contributed by atoms with Gasteiger partial charge in [-0.3, -0.25) is 0 Å². The first kappa shape index (κ1) is 11.2. The van der Waals surface area contributed by atoms with Crippen LogP contribution < -0.4 is 0 Å². The third-order valence-electron chi connectivity index (χ3n) is 2.10. The van der Waals surface area contributed by atoms with E-state index in [0.29, 0.717) is 11.3 Å². The van der Waals surface area contributed by atoms with Crippen molar-refractivity contribution >= 4 is 0 Å². The van der Waals surface area contributed by atoms with E-state index in [9.17, 15) is 0 Å². The zero-order valence-corrected chi connectivity index (χ0v) is 9.83. The molecule has 0 aliphatic heterocycles. The Morgan fingerprint density at radius 3 is 2.43 bits per heavy atom. The van der Waals surface area contributed by atoms with Crippen LogP contribution in [0.25, 0.3) is 0 Å². The number of hydrogen-bond donors (Lipinski definition) is 0. The van der Waals surface area contributed by atoms with E-state index in [4.69, 9.17) is 0 Å². The van der Waals surface area contributed by atoms with Crippen LogP contribution in [0.15, 0.2) is 12.3 Å². The van der Waals surface area contributed by atoms with Gasteiger partial charge in [0.1, 0.15) is 0 Å². The van der Waals surface area contributed by atoms with Gasteiger partial charge in [0.15, 0.2) is 0 Å².